The third-order valence-electron chi connectivity index (χ3n) is 5.67. The second kappa shape index (κ2) is 10.7. The van der Waals surface area contributed by atoms with Crippen LogP contribution in [0.4, 0.5) is 11.4 Å². The van der Waals surface area contributed by atoms with Gasteiger partial charge in [-0.3, -0.25) is 10.1 Å². The van der Waals surface area contributed by atoms with Gasteiger partial charge in [-0.15, -0.1) is 0 Å². The van der Waals surface area contributed by atoms with Crippen molar-refractivity contribution < 1.29 is 19.4 Å². The van der Waals surface area contributed by atoms with Crippen molar-refractivity contribution in [2.24, 2.45) is 0 Å². The normalized spacial score (nSPS) is 16.8. The zero-order chi connectivity index (χ0) is 24.1. The first-order valence-corrected chi connectivity index (χ1v) is 11.3. The van der Waals surface area contributed by atoms with Crippen molar-refractivity contribution in [3.63, 3.8) is 0 Å². The monoisotopic (exact) mass is 482 g/mol. The van der Waals surface area contributed by atoms with Crippen LogP contribution < -0.4 is 25.0 Å². The average Bonchev–Trinajstić information content (AvgIpc) is 2.86. The Bertz CT molecular complexity index is 1120. The zero-order valence-corrected chi connectivity index (χ0v) is 19.7. The summed E-state index contributed by atoms with van der Waals surface area (Å²) in [5.41, 5.74) is 3.23. The number of hydrogen-bond acceptors (Lipinski definition) is 7. The van der Waals surface area contributed by atoms with Gasteiger partial charge in [0, 0.05) is 34.6 Å². The lowest BCUT2D eigenvalue weighted by Gasteiger charge is -2.34. The molecule has 9 heteroatoms. The fourth-order valence-corrected chi connectivity index (χ4v) is 4.08. The Morgan fingerprint density at radius 2 is 1.79 bits per heavy atom. The van der Waals surface area contributed by atoms with Crippen LogP contribution in [0.15, 0.2) is 60.7 Å². The molecule has 0 radical (unpaired) electrons. The summed E-state index contributed by atoms with van der Waals surface area (Å²) in [5, 5.41) is 16.9. The standard InChI is InChI=1S/C25H27ClN4O4/c1-33-22-14-13-20(23(29-22)34-2)16-5-11-19(12-6-16)30-15-3-4-21(24(30)31)28-25(32)27-18-9-7-17(26)8-10-18/h5-14,21,25,27-28,32H,3-4,15H2,1-2H3/t21-,25?/m1/s1. The summed E-state index contributed by atoms with van der Waals surface area (Å²) in [4.78, 5) is 19.2. The number of aliphatic hydroxyl groups excluding tert-OH is 1. The Hall–Kier alpha value is -3.33. The number of rotatable bonds is 8. The molecule has 1 aliphatic rings. The lowest BCUT2D eigenvalue weighted by molar-refractivity contribution is -0.122. The first-order chi connectivity index (χ1) is 16.5. The number of carbonyl (C=O) groups is 1. The summed E-state index contributed by atoms with van der Waals surface area (Å²) in [6.45, 7) is 0.616. The molecule has 2 heterocycles. The lowest BCUT2D eigenvalue weighted by atomic mass is 10.0. The van der Waals surface area contributed by atoms with Crippen molar-refractivity contribution in [1.29, 1.82) is 0 Å². The summed E-state index contributed by atoms with van der Waals surface area (Å²) >= 11 is 5.90. The average molecular weight is 483 g/mol. The van der Waals surface area contributed by atoms with E-state index in [1.807, 2.05) is 30.3 Å². The van der Waals surface area contributed by atoms with Gasteiger partial charge >= 0.3 is 0 Å². The topological polar surface area (TPSA) is 96.0 Å². The third kappa shape index (κ3) is 5.41. The van der Waals surface area contributed by atoms with Gasteiger partial charge in [-0.2, -0.15) is 4.98 Å². The van der Waals surface area contributed by atoms with E-state index in [0.717, 1.165) is 23.2 Å². The molecule has 1 unspecified atom stereocenters. The van der Waals surface area contributed by atoms with Gasteiger partial charge in [0.25, 0.3) is 0 Å². The highest BCUT2D eigenvalue weighted by atomic mass is 35.5. The van der Waals surface area contributed by atoms with Crippen molar-refractivity contribution in [3.05, 3.63) is 65.7 Å². The number of benzene rings is 2. The Balaban J connectivity index is 1.44. The van der Waals surface area contributed by atoms with Gasteiger partial charge in [0.1, 0.15) is 0 Å². The van der Waals surface area contributed by atoms with Crippen molar-refractivity contribution >= 4 is 28.9 Å². The predicted molar refractivity (Wildman–Crippen MR) is 132 cm³/mol. The van der Waals surface area contributed by atoms with Gasteiger partial charge in [-0.25, -0.2) is 0 Å². The molecule has 34 heavy (non-hydrogen) atoms. The van der Waals surface area contributed by atoms with Crippen LogP contribution in [0.3, 0.4) is 0 Å². The predicted octanol–water partition coefficient (Wildman–Crippen LogP) is 3.89. The van der Waals surface area contributed by atoms with Gasteiger partial charge in [-0.1, -0.05) is 23.7 Å². The maximum atomic E-state index is 13.1. The second-order valence-electron chi connectivity index (χ2n) is 7.86. The minimum atomic E-state index is -1.08. The highest BCUT2D eigenvalue weighted by Gasteiger charge is 2.31. The number of piperidine rings is 1. The number of carbonyl (C=O) groups excluding carboxylic acids is 1. The van der Waals surface area contributed by atoms with Crippen LogP contribution in [0.1, 0.15) is 12.8 Å². The number of anilines is 2. The molecule has 1 aromatic heterocycles. The Labute approximate surface area is 203 Å². The van der Waals surface area contributed by atoms with E-state index in [4.69, 9.17) is 21.1 Å². The summed E-state index contributed by atoms with van der Waals surface area (Å²) in [5.74, 6) is 0.856. The van der Waals surface area contributed by atoms with Gasteiger partial charge in [0.05, 0.1) is 20.3 Å². The maximum Gasteiger partial charge on any atom is 0.244 e. The number of halogens is 1. The summed E-state index contributed by atoms with van der Waals surface area (Å²) in [7, 11) is 3.12. The number of ether oxygens (including phenoxy) is 2. The van der Waals surface area contributed by atoms with Gasteiger partial charge in [0.2, 0.25) is 17.7 Å². The SMILES string of the molecule is COc1ccc(-c2ccc(N3CCC[C@@H](NC(O)Nc4ccc(Cl)cc4)C3=O)cc2)c(OC)n1. The molecule has 0 spiro atoms. The third-order valence-corrected chi connectivity index (χ3v) is 5.92. The molecule has 0 aliphatic carbocycles. The molecule has 2 aromatic carbocycles. The lowest BCUT2D eigenvalue weighted by Crippen LogP contribution is -2.55. The van der Waals surface area contributed by atoms with E-state index in [2.05, 4.69) is 15.6 Å². The number of aromatic nitrogens is 1. The van der Waals surface area contributed by atoms with Crippen molar-refractivity contribution in [3.8, 4) is 22.9 Å². The molecular weight excluding hydrogens is 456 g/mol. The highest BCUT2D eigenvalue weighted by Crippen LogP contribution is 2.32. The van der Waals surface area contributed by atoms with Crippen molar-refractivity contribution in [2.45, 2.75) is 25.2 Å². The molecule has 2 atom stereocenters. The molecular formula is C25H27ClN4O4. The van der Waals surface area contributed by atoms with Crippen LogP contribution in [0.25, 0.3) is 11.1 Å². The summed E-state index contributed by atoms with van der Waals surface area (Å²) in [6, 6.07) is 17.8. The van der Waals surface area contributed by atoms with Crippen LogP contribution >= 0.6 is 11.6 Å². The van der Waals surface area contributed by atoms with Crippen molar-refractivity contribution in [1.82, 2.24) is 10.3 Å². The first kappa shape index (κ1) is 23.8. The van der Waals surface area contributed by atoms with E-state index in [1.54, 1.807) is 49.5 Å². The fourth-order valence-electron chi connectivity index (χ4n) is 3.96. The zero-order valence-electron chi connectivity index (χ0n) is 19.0. The second-order valence-corrected chi connectivity index (χ2v) is 8.30. The minimum Gasteiger partial charge on any atom is -0.481 e. The van der Waals surface area contributed by atoms with Crippen LogP contribution in [-0.2, 0) is 4.79 Å². The molecule has 4 rings (SSSR count). The van der Waals surface area contributed by atoms with Gasteiger partial charge in [0.15, 0.2) is 6.35 Å². The Morgan fingerprint density at radius 3 is 2.47 bits per heavy atom. The molecule has 0 bridgehead atoms. The molecule has 8 nitrogen and oxygen atoms in total. The Morgan fingerprint density at radius 1 is 1.06 bits per heavy atom. The number of nitrogens with zero attached hydrogens (tertiary/aromatic N) is 2. The van der Waals surface area contributed by atoms with Crippen LogP contribution in [0.2, 0.25) is 5.02 Å². The molecule has 3 aromatic rings. The number of hydrogen-bond donors (Lipinski definition) is 3. The van der Waals surface area contributed by atoms with Crippen LogP contribution in [-0.4, -0.2) is 49.2 Å². The molecule has 178 valence electrons. The smallest absolute Gasteiger partial charge is 0.244 e. The number of nitrogens with one attached hydrogen (secondary N) is 2. The summed E-state index contributed by atoms with van der Waals surface area (Å²) < 4.78 is 10.6. The quantitative estimate of drug-likeness (QED) is 0.419. The maximum absolute atomic E-state index is 13.1. The van der Waals surface area contributed by atoms with Gasteiger partial charge < -0.3 is 24.8 Å². The minimum absolute atomic E-state index is 0.0837. The first-order valence-electron chi connectivity index (χ1n) is 11.0. The fraction of sp³-hybridized carbons (Fsp3) is 0.280. The number of methoxy groups -OCH3 is 2. The Kier molecular flexibility index (Phi) is 7.52. The number of pyridine rings is 1. The van der Waals surface area contributed by atoms with E-state index in [0.29, 0.717) is 35.4 Å². The molecule has 1 saturated heterocycles. The summed E-state index contributed by atoms with van der Waals surface area (Å²) in [6.07, 6.45) is 0.378. The van der Waals surface area contributed by atoms with E-state index < -0.39 is 12.4 Å². The number of aliphatic hydroxyl groups is 1. The van der Waals surface area contributed by atoms with E-state index in [9.17, 15) is 9.90 Å². The number of amides is 1. The molecule has 1 fully saturated rings. The molecule has 3 N–H and O–H groups in total. The van der Waals surface area contributed by atoms with E-state index in [1.165, 1.54) is 0 Å². The van der Waals surface area contributed by atoms with Gasteiger partial charge in [-0.05, 0) is 60.9 Å². The van der Waals surface area contributed by atoms with Crippen LogP contribution in [0, 0.1) is 0 Å². The molecule has 1 amide bonds. The van der Waals surface area contributed by atoms with E-state index >= 15 is 0 Å². The van der Waals surface area contributed by atoms with E-state index in [-0.39, 0.29) is 5.91 Å². The van der Waals surface area contributed by atoms with Crippen molar-refractivity contribution in [2.75, 3.05) is 31.0 Å². The molecule has 0 saturated carbocycles. The van der Waals surface area contributed by atoms with Crippen LogP contribution in [0.5, 0.6) is 11.8 Å². The highest BCUT2D eigenvalue weighted by molar-refractivity contribution is 6.30. The molecule has 1 aliphatic heterocycles. The largest absolute Gasteiger partial charge is 0.481 e.